The van der Waals surface area contributed by atoms with Gasteiger partial charge in [0.1, 0.15) is 11.5 Å². The molecule has 0 fully saturated rings. The molecule has 0 aliphatic carbocycles. The van der Waals surface area contributed by atoms with Crippen LogP contribution >= 0.6 is 0 Å². The van der Waals surface area contributed by atoms with Gasteiger partial charge in [0.25, 0.3) is 0 Å². The Balaban J connectivity index is 3.07. The number of hydrogen-bond acceptors (Lipinski definition) is 3. The first-order chi connectivity index (χ1) is 7.22. The van der Waals surface area contributed by atoms with Gasteiger partial charge in [0.2, 0.25) is 0 Å². The molecule has 3 heteroatoms. The Morgan fingerprint density at radius 1 is 1.33 bits per heavy atom. The molecule has 1 aromatic carbocycles. The molecule has 0 amide bonds. The van der Waals surface area contributed by atoms with Crippen LogP contribution in [0.25, 0.3) is 0 Å². The van der Waals surface area contributed by atoms with E-state index in [9.17, 15) is 4.79 Å². The molecule has 15 heavy (non-hydrogen) atoms. The maximum Gasteiger partial charge on any atom is 0.166 e. The van der Waals surface area contributed by atoms with Crippen molar-refractivity contribution in [2.24, 2.45) is 0 Å². The average molecular weight is 208 g/mol. The van der Waals surface area contributed by atoms with E-state index >= 15 is 0 Å². The zero-order valence-electron chi connectivity index (χ0n) is 9.37. The zero-order chi connectivity index (χ0) is 11.3. The van der Waals surface area contributed by atoms with Crippen LogP contribution in [0.1, 0.15) is 30.6 Å². The minimum atomic E-state index is 0.0633. The number of Topliss-reactive ketones (excluding diaryl/α,β-unsaturated/α-hetero) is 1. The molecule has 0 spiro atoms. The van der Waals surface area contributed by atoms with E-state index in [1.807, 2.05) is 13.8 Å². The zero-order valence-corrected chi connectivity index (χ0v) is 9.37. The summed E-state index contributed by atoms with van der Waals surface area (Å²) in [6.45, 7) is 4.33. The number of benzene rings is 1. The van der Waals surface area contributed by atoms with Gasteiger partial charge in [0.15, 0.2) is 5.78 Å². The van der Waals surface area contributed by atoms with Crippen molar-refractivity contribution in [1.82, 2.24) is 0 Å². The van der Waals surface area contributed by atoms with Gasteiger partial charge < -0.3 is 9.47 Å². The van der Waals surface area contributed by atoms with Crippen molar-refractivity contribution < 1.29 is 14.3 Å². The first-order valence-corrected chi connectivity index (χ1v) is 5.07. The molecule has 1 aromatic rings. The van der Waals surface area contributed by atoms with Crippen molar-refractivity contribution in [3.63, 3.8) is 0 Å². The summed E-state index contributed by atoms with van der Waals surface area (Å²) in [4.78, 5) is 11.6. The molecule has 0 aliphatic heterocycles. The highest BCUT2D eigenvalue weighted by molar-refractivity contribution is 5.98. The molecule has 3 nitrogen and oxygen atoms in total. The van der Waals surface area contributed by atoms with Gasteiger partial charge in [-0.15, -0.1) is 0 Å². The molecule has 0 aliphatic rings. The van der Waals surface area contributed by atoms with Crippen LogP contribution in [0, 0.1) is 0 Å². The SMILES string of the molecule is CCOc1ccc(OC)c(C(=O)CC)c1. The first kappa shape index (κ1) is 11.6. The Hall–Kier alpha value is -1.51. The van der Waals surface area contributed by atoms with Gasteiger partial charge in [-0.05, 0) is 25.1 Å². The predicted octanol–water partition coefficient (Wildman–Crippen LogP) is 2.69. The summed E-state index contributed by atoms with van der Waals surface area (Å²) in [6.07, 6.45) is 0.464. The van der Waals surface area contributed by atoms with Crippen LogP contribution in [0.2, 0.25) is 0 Å². The average Bonchev–Trinajstić information content (AvgIpc) is 2.28. The van der Waals surface area contributed by atoms with E-state index in [4.69, 9.17) is 9.47 Å². The summed E-state index contributed by atoms with van der Waals surface area (Å²) in [5.74, 6) is 1.37. The molecule has 0 radical (unpaired) electrons. The van der Waals surface area contributed by atoms with E-state index in [1.165, 1.54) is 0 Å². The van der Waals surface area contributed by atoms with Crippen LogP contribution in [0.3, 0.4) is 0 Å². The van der Waals surface area contributed by atoms with Crippen LogP contribution in [0.15, 0.2) is 18.2 Å². The van der Waals surface area contributed by atoms with Crippen molar-refractivity contribution in [2.75, 3.05) is 13.7 Å². The summed E-state index contributed by atoms with van der Waals surface area (Å²) < 4.78 is 10.5. The Bertz CT molecular complexity index is 345. The van der Waals surface area contributed by atoms with Gasteiger partial charge in [-0.2, -0.15) is 0 Å². The lowest BCUT2D eigenvalue weighted by molar-refractivity contribution is 0.0984. The number of rotatable bonds is 5. The number of carbonyl (C=O) groups excluding carboxylic acids is 1. The van der Waals surface area contributed by atoms with Gasteiger partial charge in [-0.25, -0.2) is 0 Å². The van der Waals surface area contributed by atoms with Gasteiger partial charge >= 0.3 is 0 Å². The van der Waals surface area contributed by atoms with Crippen molar-refractivity contribution in [2.45, 2.75) is 20.3 Å². The van der Waals surface area contributed by atoms with Crippen LogP contribution in [-0.2, 0) is 0 Å². The topological polar surface area (TPSA) is 35.5 Å². The molecule has 0 saturated carbocycles. The molecular formula is C12H16O3. The number of hydrogen-bond donors (Lipinski definition) is 0. The fraction of sp³-hybridized carbons (Fsp3) is 0.417. The number of ketones is 1. The molecule has 0 N–H and O–H groups in total. The summed E-state index contributed by atoms with van der Waals surface area (Å²) in [6, 6.07) is 5.29. The maximum absolute atomic E-state index is 11.6. The lowest BCUT2D eigenvalue weighted by Crippen LogP contribution is -2.02. The highest BCUT2D eigenvalue weighted by Gasteiger charge is 2.11. The normalized spacial score (nSPS) is 9.80. The molecule has 1 rings (SSSR count). The smallest absolute Gasteiger partial charge is 0.166 e. The number of carbonyl (C=O) groups is 1. The van der Waals surface area contributed by atoms with E-state index in [2.05, 4.69) is 0 Å². The lowest BCUT2D eigenvalue weighted by Gasteiger charge is -2.09. The van der Waals surface area contributed by atoms with Crippen molar-refractivity contribution in [1.29, 1.82) is 0 Å². The van der Waals surface area contributed by atoms with E-state index in [-0.39, 0.29) is 5.78 Å². The minimum Gasteiger partial charge on any atom is -0.496 e. The molecule has 0 aromatic heterocycles. The molecule has 0 unspecified atom stereocenters. The van der Waals surface area contributed by atoms with Crippen LogP contribution in [0.4, 0.5) is 0 Å². The summed E-state index contributed by atoms with van der Waals surface area (Å²) in [5.41, 5.74) is 0.589. The highest BCUT2D eigenvalue weighted by Crippen LogP contribution is 2.25. The van der Waals surface area contributed by atoms with Gasteiger partial charge in [0.05, 0.1) is 19.3 Å². The lowest BCUT2D eigenvalue weighted by atomic mass is 10.1. The molecule has 0 heterocycles. The molecule has 0 saturated heterocycles. The second-order valence-corrected chi connectivity index (χ2v) is 3.07. The van der Waals surface area contributed by atoms with Crippen molar-refractivity contribution in [3.8, 4) is 11.5 Å². The van der Waals surface area contributed by atoms with Gasteiger partial charge in [-0.3, -0.25) is 4.79 Å². The quantitative estimate of drug-likeness (QED) is 0.698. The summed E-state index contributed by atoms with van der Waals surface area (Å²) in [5, 5.41) is 0. The Kier molecular flexibility index (Phi) is 4.16. The molecule has 0 atom stereocenters. The third-order valence-corrected chi connectivity index (χ3v) is 2.10. The van der Waals surface area contributed by atoms with Gasteiger partial charge in [-0.1, -0.05) is 6.92 Å². The number of ether oxygens (including phenoxy) is 2. The third-order valence-electron chi connectivity index (χ3n) is 2.10. The van der Waals surface area contributed by atoms with Crippen LogP contribution in [-0.4, -0.2) is 19.5 Å². The largest absolute Gasteiger partial charge is 0.496 e. The van der Waals surface area contributed by atoms with E-state index in [0.717, 1.165) is 0 Å². The molecule has 0 bridgehead atoms. The monoisotopic (exact) mass is 208 g/mol. The highest BCUT2D eigenvalue weighted by atomic mass is 16.5. The molecular weight excluding hydrogens is 192 g/mol. The van der Waals surface area contributed by atoms with E-state index in [1.54, 1.807) is 25.3 Å². The fourth-order valence-corrected chi connectivity index (χ4v) is 1.35. The summed E-state index contributed by atoms with van der Waals surface area (Å²) in [7, 11) is 1.56. The van der Waals surface area contributed by atoms with E-state index < -0.39 is 0 Å². The minimum absolute atomic E-state index is 0.0633. The van der Waals surface area contributed by atoms with Crippen molar-refractivity contribution in [3.05, 3.63) is 23.8 Å². The Morgan fingerprint density at radius 2 is 2.07 bits per heavy atom. The maximum atomic E-state index is 11.6. The summed E-state index contributed by atoms with van der Waals surface area (Å²) >= 11 is 0. The van der Waals surface area contributed by atoms with Crippen LogP contribution < -0.4 is 9.47 Å². The van der Waals surface area contributed by atoms with Crippen molar-refractivity contribution >= 4 is 5.78 Å². The Labute approximate surface area is 90.0 Å². The van der Waals surface area contributed by atoms with Crippen LogP contribution in [0.5, 0.6) is 11.5 Å². The standard InChI is InChI=1S/C12H16O3/c1-4-11(13)10-8-9(15-5-2)6-7-12(10)14-3/h6-8H,4-5H2,1-3H3. The second kappa shape index (κ2) is 5.39. The predicted molar refractivity (Wildman–Crippen MR) is 58.8 cm³/mol. The first-order valence-electron chi connectivity index (χ1n) is 5.07. The van der Waals surface area contributed by atoms with E-state index in [0.29, 0.717) is 30.1 Å². The second-order valence-electron chi connectivity index (χ2n) is 3.07. The Morgan fingerprint density at radius 3 is 2.60 bits per heavy atom. The van der Waals surface area contributed by atoms with Gasteiger partial charge in [0, 0.05) is 6.42 Å². The fourth-order valence-electron chi connectivity index (χ4n) is 1.35. The molecule has 82 valence electrons. The third kappa shape index (κ3) is 2.72. The number of methoxy groups -OCH3 is 1.